The maximum absolute atomic E-state index is 10.6. The number of hydrogen-bond donors (Lipinski definition) is 1. The summed E-state index contributed by atoms with van der Waals surface area (Å²) in [6, 6.07) is 20.8. The van der Waals surface area contributed by atoms with Crippen LogP contribution in [0.5, 0.6) is 0 Å². The largest absolute Gasteiger partial charge is 0.387 e. The zero-order chi connectivity index (χ0) is 16.1. The van der Waals surface area contributed by atoms with Gasteiger partial charge in [-0.1, -0.05) is 60.7 Å². The Morgan fingerprint density at radius 2 is 1.43 bits per heavy atom. The van der Waals surface area contributed by atoms with Crippen LogP contribution in [0.4, 0.5) is 0 Å². The van der Waals surface area contributed by atoms with Crippen molar-refractivity contribution in [1.29, 1.82) is 0 Å². The fraction of sp³-hybridized carbons (Fsp3) is 0.400. The van der Waals surface area contributed by atoms with Crippen molar-refractivity contribution >= 4 is 0 Å². The Morgan fingerprint density at radius 3 is 2.04 bits per heavy atom. The third kappa shape index (κ3) is 4.20. The van der Waals surface area contributed by atoms with E-state index in [1.165, 1.54) is 5.56 Å². The molecule has 0 bridgehead atoms. The van der Waals surface area contributed by atoms with Gasteiger partial charge in [0.1, 0.15) is 0 Å². The number of aliphatic hydroxyl groups is 1. The lowest BCUT2D eigenvalue weighted by Gasteiger charge is -2.39. The number of piperazine rings is 1. The van der Waals surface area contributed by atoms with E-state index in [0.717, 1.165) is 38.3 Å². The molecule has 122 valence electrons. The fourth-order valence-corrected chi connectivity index (χ4v) is 3.30. The van der Waals surface area contributed by atoms with Crippen LogP contribution < -0.4 is 0 Å². The van der Waals surface area contributed by atoms with Gasteiger partial charge >= 0.3 is 0 Å². The Kier molecular flexibility index (Phi) is 5.44. The average molecular weight is 310 g/mol. The minimum atomic E-state index is -0.420. The van der Waals surface area contributed by atoms with Gasteiger partial charge in [-0.2, -0.15) is 0 Å². The van der Waals surface area contributed by atoms with Crippen molar-refractivity contribution in [2.24, 2.45) is 0 Å². The van der Waals surface area contributed by atoms with Crippen molar-refractivity contribution in [3.8, 4) is 0 Å². The molecule has 3 rings (SSSR count). The first-order valence-corrected chi connectivity index (χ1v) is 8.47. The Hall–Kier alpha value is -1.68. The molecule has 0 radical (unpaired) electrons. The third-order valence-corrected chi connectivity index (χ3v) is 4.83. The van der Waals surface area contributed by atoms with E-state index in [-0.39, 0.29) is 6.04 Å². The molecule has 1 aliphatic rings. The number of hydrogen-bond acceptors (Lipinski definition) is 3. The molecule has 0 aliphatic carbocycles. The van der Waals surface area contributed by atoms with Crippen molar-refractivity contribution in [3.05, 3.63) is 71.8 Å². The summed E-state index contributed by atoms with van der Waals surface area (Å²) in [5, 5.41) is 10.6. The van der Waals surface area contributed by atoms with Crippen LogP contribution in [0.2, 0.25) is 0 Å². The maximum Gasteiger partial charge on any atom is 0.0942 e. The van der Waals surface area contributed by atoms with Gasteiger partial charge in [-0.3, -0.25) is 9.80 Å². The van der Waals surface area contributed by atoms with Crippen molar-refractivity contribution < 1.29 is 5.11 Å². The molecule has 1 N–H and O–H groups in total. The van der Waals surface area contributed by atoms with E-state index >= 15 is 0 Å². The Bertz CT molecular complexity index is 579. The predicted octanol–water partition coefficient (Wildman–Crippen LogP) is 2.93. The third-order valence-electron chi connectivity index (χ3n) is 4.83. The molecule has 0 aromatic heterocycles. The second-order valence-corrected chi connectivity index (χ2v) is 6.39. The van der Waals surface area contributed by atoms with Gasteiger partial charge in [0.25, 0.3) is 0 Å². The highest BCUT2D eigenvalue weighted by molar-refractivity contribution is 5.19. The first-order chi connectivity index (χ1) is 11.2. The Morgan fingerprint density at radius 1 is 0.870 bits per heavy atom. The Balaban J connectivity index is 1.52. The quantitative estimate of drug-likeness (QED) is 0.920. The van der Waals surface area contributed by atoms with E-state index in [4.69, 9.17) is 0 Å². The molecular formula is C20H26N2O. The van der Waals surface area contributed by atoms with E-state index in [9.17, 15) is 5.11 Å². The summed E-state index contributed by atoms with van der Waals surface area (Å²) in [5.41, 5.74) is 2.38. The normalized spacial score (nSPS) is 19.4. The van der Waals surface area contributed by atoms with E-state index in [1.54, 1.807) is 0 Å². The molecule has 2 aromatic rings. The molecule has 0 saturated carbocycles. The molecule has 0 spiro atoms. The smallest absolute Gasteiger partial charge is 0.0942 e. The molecule has 2 aromatic carbocycles. The number of benzene rings is 2. The van der Waals surface area contributed by atoms with E-state index in [1.807, 2.05) is 30.3 Å². The summed E-state index contributed by atoms with van der Waals surface area (Å²) < 4.78 is 0. The van der Waals surface area contributed by atoms with Crippen LogP contribution in [-0.4, -0.2) is 47.1 Å². The van der Waals surface area contributed by atoms with Gasteiger partial charge in [0.2, 0.25) is 0 Å². The van der Waals surface area contributed by atoms with Crippen LogP contribution in [0.1, 0.15) is 24.2 Å². The topological polar surface area (TPSA) is 26.7 Å². The lowest BCUT2D eigenvalue weighted by atomic mass is 10.0. The zero-order valence-corrected chi connectivity index (χ0v) is 13.8. The highest BCUT2D eigenvalue weighted by atomic mass is 16.3. The summed E-state index contributed by atoms with van der Waals surface area (Å²) >= 11 is 0. The van der Waals surface area contributed by atoms with Crippen molar-refractivity contribution in [1.82, 2.24) is 9.80 Å². The minimum absolute atomic E-state index is 0.149. The first kappa shape index (κ1) is 16.2. The van der Waals surface area contributed by atoms with Gasteiger partial charge in [-0.25, -0.2) is 0 Å². The van der Waals surface area contributed by atoms with Crippen LogP contribution in [0.3, 0.4) is 0 Å². The molecule has 1 fully saturated rings. The fourth-order valence-electron chi connectivity index (χ4n) is 3.30. The van der Waals surface area contributed by atoms with E-state index in [0.29, 0.717) is 0 Å². The molecule has 1 heterocycles. The van der Waals surface area contributed by atoms with E-state index < -0.39 is 6.10 Å². The summed E-state index contributed by atoms with van der Waals surface area (Å²) in [6.45, 7) is 7.28. The lowest BCUT2D eigenvalue weighted by molar-refractivity contribution is 0.0245. The summed E-state index contributed by atoms with van der Waals surface area (Å²) in [6.07, 6.45) is -0.420. The van der Waals surface area contributed by atoms with Crippen LogP contribution in [0.25, 0.3) is 0 Å². The molecule has 0 amide bonds. The molecule has 3 nitrogen and oxygen atoms in total. The second kappa shape index (κ2) is 7.73. The number of nitrogens with zero attached hydrogens (tertiary/aromatic N) is 2. The standard InChI is InChI=1S/C20H26N2O/c1-17(20(23)19-10-6-3-7-11-19)22-14-12-21(13-15-22)16-18-8-4-2-5-9-18/h2-11,17,20,23H,12-16H2,1H3. The second-order valence-electron chi connectivity index (χ2n) is 6.39. The van der Waals surface area contributed by atoms with Crippen LogP contribution in [0.15, 0.2) is 60.7 Å². The van der Waals surface area contributed by atoms with Gasteiger partial charge in [0.05, 0.1) is 6.10 Å². The summed E-state index contributed by atoms with van der Waals surface area (Å²) in [7, 11) is 0. The maximum atomic E-state index is 10.6. The molecule has 1 aliphatic heterocycles. The number of aliphatic hydroxyl groups excluding tert-OH is 1. The van der Waals surface area contributed by atoms with E-state index in [2.05, 4.69) is 47.1 Å². The monoisotopic (exact) mass is 310 g/mol. The molecule has 23 heavy (non-hydrogen) atoms. The SMILES string of the molecule is CC(C(O)c1ccccc1)N1CCN(Cc2ccccc2)CC1. The minimum Gasteiger partial charge on any atom is -0.387 e. The number of rotatable bonds is 5. The predicted molar refractivity (Wildman–Crippen MR) is 94.2 cm³/mol. The molecule has 1 saturated heterocycles. The van der Waals surface area contributed by atoms with Gasteiger partial charge in [0.15, 0.2) is 0 Å². The van der Waals surface area contributed by atoms with Crippen molar-refractivity contribution in [2.75, 3.05) is 26.2 Å². The first-order valence-electron chi connectivity index (χ1n) is 8.47. The van der Waals surface area contributed by atoms with Gasteiger partial charge in [-0.15, -0.1) is 0 Å². The average Bonchev–Trinajstić information content (AvgIpc) is 2.63. The zero-order valence-electron chi connectivity index (χ0n) is 13.8. The molecule has 3 heteroatoms. The summed E-state index contributed by atoms with van der Waals surface area (Å²) in [5.74, 6) is 0. The molecular weight excluding hydrogens is 284 g/mol. The van der Waals surface area contributed by atoms with Crippen molar-refractivity contribution in [3.63, 3.8) is 0 Å². The molecule has 2 atom stereocenters. The van der Waals surface area contributed by atoms with Gasteiger partial charge in [0, 0.05) is 38.8 Å². The highest BCUT2D eigenvalue weighted by Crippen LogP contribution is 2.22. The van der Waals surface area contributed by atoms with Crippen LogP contribution in [0, 0.1) is 0 Å². The highest BCUT2D eigenvalue weighted by Gasteiger charge is 2.26. The van der Waals surface area contributed by atoms with Gasteiger partial charge < -0.3 is 5.11 Å². The molecule has 2 unspecified atom stereocenters. The van der Waals surface area contributed by atoms with Crippen LogP contribution >= 0.6 is 0 Å². The summed E-state index contributed by atoms with van der Waals surface area (Å²) in [4.78, 5) is 4.90. The van der Waals surface area contributed by atoms with Crippen LogP contribution in [-0.2, 0) is 6.54 Å². The lowest BCUT2D eigenvalue weighted by Crippen LogP contribution is -2.50. The Labute approximate surface area is 139 Å². The van der Waals surface area contributed by atoms with Gasteiger partial charge in [-0.05, 0) is 18.1 Å². The van der Waals surface area contributed by atoms with Crippen molar-refractivity contribution in [2.45, 2.75) is 25.6 Å².